The van der Waals surface area contributed by atoms with Gasteiger partial charge in [0.1, 0.15) is 11.9 Å². The molecule has 1 aliphatic rings. The fourth-order valence-electron chi connectivity index (χ4n) is 3.49. The summed E-state index contributed by atoms with van der Waals surface area (Å²) in [6, 6.07) is 18.0. The van der Waals surface area contributed by atoms with E-state index in [1.807, 2.05) is 48.5 Å². The predicted octanol–water partition coefficient (Wildman–Crippen LogP) is 3.25. The van der Waals surface area contributed by atoms with Crippen LogP contribution >= 0.6 is 0 Å². The van der Waals surface area contributed by atoms with Gasteiger partial charge in [0.25, 0.3) is 0 Å². The average Bonchev–Trinajstić information content (AvgIpc) is 3.23. The molecule has 6 nitrogen and oxygen atoms in total. The summed E-state index contributed by atoms with van der Waals surface area (Å²) in [6.45, 7) is 6.10. The normalized spacial score (nSPS) is 16.8. The number of methoxy groups -OCH3 is 1. The van der Waals surface area contributed by atoms with Crippen LogP contribution in [0.4, 0.5) is 0 Å². The van der Waals surface area contributed by atoms with E-state index in [9.17, 15) is 5.11 Å². The van der Waals surface area contributed by atoms with Gasteiger partial charge in [0.2, 0.25) is 0 Å². The lowest BCUT2D eigenvalue weighted by Crippen LogP contribution is -2.39. The fourth-order valence-corrected chi connectivity index (χ4v) is 3.49. The zero-order chi connectivity index (χ0) is 21.2. The predicted molar refractivity (Wildman–Crippen MR) is 118 cm³/mol. The summed E-state index contributed by atoms with van der Waals surface area (Å²) in [5, 5.41) is 14.7. The van der Waals surface area contributed by atoms with Crippen molar-refractivity contribution in [1.82, 2.24) is 4.90 Å². The number of rotatable bonds is 12. The topological polar surface area (TPSA) is 63.5 Å². The summed E-state index contributed by atoms with van der Waals surface area (Å²) >= 11 is 0. The highest BCUT2D eigenvalue weighted by Crippen LogP contribution is 2.20. The van der Waals surface area contributed by atoms with Crippen LogP contribution in [0.5, 0.6) is 5.75 Å². The van der Waals surface area contributed by atoms with E-state index in [0.29, 0.717) is 26.2 Å². The number of nitrogens with zero attached hydrogens (tertiary/aromatic N) is 2. The Morgan fingerprint density at radius 3 is 2.87 bits per heavy atom. The molecule has 6 heteroatoms. The van der Waals surface area contributed by atoms with Crippen molar-refractivity contribution in [1.29, 1.82) is 0 Å². The second-order valence-corrected chi connectivity index (χ2v) is 7.36. The van der Waals surface area contributed by atoms with Crippen LogP contribution in [0.1, 0.15) is 17.5 Å². The van der Waals surface area contributed by atoms with E-state index in [2.05, 4.69) is 22.7 Å². The van der Waals surface area contributed by atoms with Crippen molar-refractivity contribution in [3.63, 3.8) is 0 Å². The van der Waals surface area contributed by atoms with Crippen LogP contribution < -0.4 is 4.74 Å². The molecule has 3 rings (SSSR count). The number of aliphatic hydroxyl groups is 1. The average molecular weight is 411 g/mol. The third-order valence-corrected chi connectivity index (χ3v) is 4.86. The molecule has 0 spiro atoms. The molecule has 2 aromatic carbocycles. The van der Waals surface area contributed by atoms with Gasteiger partial charge in [0, 0.05) is 26.1 Å². The maximum absolute atomic E-state index is 10.4. The maximum Gasteiger partial charge on any atom is 0.145 e. The van der Waals surface area contributed by atoms with E-state index in [4.69, 9.17) is 14.3 Å². The number of hydrogen-bond donors (Lipinski definition) is 1. The second kappa shape index (κ2) is 11.5. The van der Waals surface area contributed by atoms with Crippen LogP contribution in [-0.4, -0.2) is 61.3 Å². The van der Waals surface area contributed by atoms with Crippen molar-refractivity contribution < 1.29 is 19.4 Å². The minimum atomic E-state index is -0.605. The van der Waals surface area contributed by atoms with E-state index in [-0.39, 0.29) is 12.7 Å². The molecule has 1 aliphatic heterocycles. The Balaban J connectivity index is 1.62. The minimum Gasteiger partial charge on any atom is -0.497 e. The third-order valence-electron chi connectivity index (χ3n) is 4.86. The Morgan fingerprint density at radius 2 is 2.10 bits per heavy atom. The van der Waals surface area contributed by atoms with Crippen molar-refractivity contribution in [2.24, 2.45) is 5.16 Å². The van der Waals surface area contributed by atoms with Gasteiger partial charge in [-0.3, -0.25) is 4.90 Å². The molecule has 0 saturated heterocycles. The molecule has 2 atom stereocenters. The molecule has 0 saturated carbocycles. The van der Waals surface area contributed by atoms with E-state index in [1.54, 1.807) is 13.2 Å². The summed E-state index contributed by atoms with van der Waals surface area (Å²) in [4.78, 5) is 7.88. The Hall–Kier alpha value is -2.67. The molecule has 0 radical (unpaired) electrons. The van der Waals surface area contributed by atoms with Gasteiger partial charge in [0.05, 0.1) is 32.1 Å². The van der Waals surface area contributed by atoms with Crippen LogP contribution in [0.2, 0.25) is 0 Å². The Bertz CT molecular complexity index is 825. The lowest BCUT2D eigenvalue weighted by atomic mass is 10.0. The SMILES string of the molecule is C=CCOC[C@H](O)CN(Cc1cccc(OC)c1)C[C@@H]1CC(c2ccccc2)=NO1. The molecule has 2 aromatic rings. The molecule has 1 N–H and O–H groups in total. The zero-order valence-corrected chi connectivity index (χ0v) is 17.4. The summed E-state index contributed by atoms with van der Waals surface area (Å²) < 4.78 is 10.7. The first-order valence-electron chi connectivity index (χ1n) is 10.2. The zero-order valence-electron chi connectivity index (χ0n) is 17.4. The Labute approximate surface area is 178 Å². The molecule has 0 fully saturated rings. The lowest BCUT2D eigenvalue weighted by Gasteiger charge is -2.27. The van der Waals surface area contributed by atoms with Crippen molar-refractivity contribution >= 4 is 5.71 Å². The van der Waals surface area contributed by atoms with E-state index < -0.39 is 6.10 Å². The number of oxime groups is 1. The third kappa shape index (κ3) is 6.69. The highest BCUT2D eigenvalue weighted by atomic mass is 16.6. The van der Waals surface area contributed by atoms with Crippen molar-refractivity contribution in [3.8, 4) is 5.75 Å². The van der Waals surface area contributed by atoms with Crippen LogP contribution in [-0.2, 0) is 16.1 Å². The molecular formula is C24H30N2O4. The summed E-state index contributed by atoms with van der Waals surface area (Å²) in [6.07, 6.45) is 1.75. The second-order valence-electron chi connectivity index (χ2n) is 7.36. The largest absolute Gasteiger partial charge is 0.497 e. The first kappa shape index (κ1) is 22.0. The molecule has 0 bridgehead atoms. The standard InChI is InChI=1S/C24H30N2O4/c1-3-12-29-18-21(27)16-26(15-19-8-7-11-22(13-19)28-2)17-23-14-24(25-30-23)20-9-5-4-6-10-20/h3-11,13,21,23,27H,1,12,14-18H2,2H3/t21-,23+/m1/s1. The van der Waals surface area contributed by atoms with Gasteiger partial charge >= 0.3 is 0 Å². The molecule has 0 aliphatic carbocycles. The molecule has 0 aromatic heterocycles. The van der Waals surface area contributed by atoms with E-state index in [0.717, 1.165) is 29.0 Å². The summed E-state index contributed by atoms with van der Waals surface area (Å²) in [7, 11) is 1.66. The highest BCUT2D eigenvalue weighted by Gasteiger charge is 2.25. The summed E-state index contributed by atoms with van der Waals surface area (Å²) in [5.74, 6) is 0.814. The van der Waals surface area contributed by atoms with Gasteiger partial charge in [-0.25, -0.2) is 0 Å². The van der Waals surface area contributed by atoms with Crippen molar-refractivity contribution in [2.45, 2.75) is 25.2 Å². The van der Waals surface area contributed by atoms with Crippen molar-refractivity contribution in [3.05, 3.63) is 78.4 Å². The van der Waals surface area contributed by atoms with Gasteiger partial charge in [-0.05, 0) is 23.3 Å². The number of aliphatic hydroxyl groups excluding tert-OH is 1. The number of ether oxygens (including phenoxy) is 2. The molecular weight excluding hydrogens is 380 g/mol. The quantitative estimate of drug-likeness (QED) is 0.430. The monoisotopic (exact) mass is 410 g/mol. The molecule has 30 heavy (non-hydrogen) atoms. The minimum absolute atomic E-state index is 0.0629. The first-order chi connectivity index (χ1) is 14.7. The number of benzene rings is 2. The van der Waals surface area contributed by atoms with Crippen molar-refractivity contribution in [2.75, 3.05) is 33.4 Å². The van der Waals surface area contributed by atoms with Crippen LogP contribution in [0.3, 0.4) is 0 Å². The van der Waals surface area contributed by atoms with E-state index >= 15 is 0 Å². The maximum atomic E-state index is 10.4. The smallest absolute Gasteiger partial charge is 0.145 e. The summed E-state index contributed by atoms with van der Waals surface area (Å²) in [5.41, 5.74) is 3.14. The van der Waals surface area contributed by atoms with Gasteiger partial charge in [-0.2, -0.15) is 0 Å². The number of hydrogen-bond acceptors (Lipinski definition) is 6. The van der Waals surface area contributed by atoms with Gasteiger partial charge in [-0.15, -0.1) is 6.58 Å². The van der Waals surface area contributed by atoms with E-state index in [1.165, 1.54) is 0 Å². The van der Waals surface area contributed by atoms with Gasteiger partial charge in [0.15, 0.2) is 0 Å². The Morgan fingerprint density at radius 1 is 1.27 bits per heavy atom. The van der Waals surface area contributed by atoms with Gasteiger partial charge in [-0.1, -0.05) is 53.7 Å². The molecule has 1 heterocycles. The molecule has 160 valence electrons. The Kier molecular flexibility index (Phi) is 8.44. The van der Waals surface area contributed by atoms with Crippen LogP contribution in [0.25, 0.3) is 0 Å². The fraction of sp³-hybridized carbons (Fsp3) is 0.375. The molecule has 0 unspecified atom stereocenters. The highest BCUT2D eigenvalue weighted by molar-refractivity contribution is 6.01. The van der Waals surface area contributed by atoms with Gasteiger partial charge < -0.3 is 19.4 Å². The first-order valence-corrected chi connectivity index (χ1v) is 10.2. The molecule has 0 amide bonds. The van der Waals surface area contributed by atoms with Crippen LogP contribution in [0.15, 0.2) is 72.4 Å². The lowest BCUT2D eigenvalue weighted by molar-refractivity contribution is 0.00335. The van der Waals surface area contributed by atoms with Crippen LogP contribution in [0, 0.1) is 0 Å².